The molecule has 3 heterocycles. The van der Waals surface area contributed by atoms with Crippen LogP contribution in [0.25, 0.3) is 11.4 Å². The van der Waals surface area contributed by atoms with Crippen LogP contribution in [0.4, 0.5) is 4.79 Å². The number of carbonyl (C=O) groups is 2. The van der Waals surface area contributed by atoms with Crippen LogP contribution in [0.15, 0.2) is 18.3 Å². The number of likely N-dealkylation sites (tertiary alicyclic amines) is 1. The summed E-state index contributed by atoms with van der Waals surface area (Å²) in [5.41, 5.74) is 2.99. The van der Waals surface area contributed by atoms with E-state index in [1.807, 2.05) is 46.9 Å². The van der Waals surface area contributed by atoms with Crippen LogP contribution >= 0.6 is 0 Å². The first-order valence-electron chi connectivity index (χ1n) is 10.9. The van der Waals surface area contributed by atoms with Crippen LogP contribution in [0.2, 0.25) is 0 Å². The number of amides is 1. The Morgan fingerprint density at radius 3 is 2.45 bits per heavy atom. The van der Waals surface area contributed by atoms with Gasteiger partial charge in [-0.15, -0.1) is 5.10 Å². The molecule has 0 radical (unpaired) electrons. The summed E-state index contributed by atoms with van der Waals surface area (Å²) in [5.74, 6) is 0.290. The van der Waals surface area contributed by atoms with Gasteiger partial charge in [0.05, 0.1) is 24.0 Å². The van der Waals surface area contributed by atoms with Gasteiger partial charge in [-0.25, -0.2) is 4.79 Å². The smallest absolute Gasteiger partial charge is 0.410 e. The lowest BCUT2D eigenvalue weighted by Gasteiger charge is -2.34. The van der Waals surface area contributed by atoms with Crippen LogP contribution in [0, 0.1) is 18.3 Å². The van der Waals surface area contributed by atoms with Crippen LogP contribution in [0.5, 0.6) is 0 Å². The Balaban J connectivity index is 1.32. The molecule has 0 aromatic carbocycles. The van der Waals surface area contributed by atoms with E-state index in [9.17, 15) is 9.59 Å². The van der Waals surface area contributed by atoms with Crippen molar-refractivity contribution in [3.63, 3.8) is 0 Å². The molecule has 1 saturated heterocycles. The van der Waals surface area contributed by atoms with Crippen molar-refractivity contribution in [2.24, 2.45) is 18.4 Å². The van der Waals surface area contributed by atoms with Gasteiger partial charge in [-0.2, -0.15) is 10.2 Å². The molecule has 2 aromatic rings. The first kappa shape index (κ1) is 21.5. The summed E-state index contributed by atoms with van der Waals surface area (Å²) >= 11 is 0. The standard InChI is InChI=1S/C23H31N5O3/c1-15-14-24-27(5)20(15)18-7-6-16(25-26-18)12-19(29)17-13-23(17)8-10-28(11-9-23)21(30)31-22(2,3)4/h6-7,14,17H,8-13H2,1-5H3. The van der Waals surface area contributed by atoms with E-state index < -0.39 is 5.60 Å². The Morgan fingerprint density at radius 2 is 1.90 bits per heavy atom. The number of hydrogen-bond donors (Lipinski definition) is 0. The molecule has 166 valence electrons. The van der Waals surface area contributed by atoms with Crippen molar-refractivity contribution < 1.29 is 14.3 Å². The fourth-order valence-corrected chi connectivity index (χ4v) is 4.61. The van der Waals surface area contributed by atoms with E-state index in [2.05, 4.69) is 15.3 Å². The Kier molecular flexibility index (Phi) is 5.35. The molecular weight excluding hydrogens is 394 g/mol. The molecule has 1 aliphatic carbocycles. The second-order valence-corrected chi connectivity index (χ2v) is 9.94. The number of hydrogen-bond acceptors (Lipinski definition) is 6. The maximum Gasteiger partial charge on any atom is 0.410 e. The lowest BCUT2D eigenvalue weighted by Crippen LogP contribution is -2.42. The van der Waals surface area contributed by atoms with Crippen molar-refractivity contribution in [1.82, 2.24) is 24.9 Å². The number of rotatable bonds is 4. The van der Waals surface area contributed by atoms with Gasteiger partial charge in [0.1, 0.15) is 17.1 Å². The minimum absolute atomic E-state index is 0.0504. The van der Waals surface area contributed by atoms with Gasteiger partial charge in [0.25, 0.3) is 0 Å². The number of nitrogens with zero attached hydrogens (tertiary/aromatic N) is 5. The van der Waals surface area contributed by atoms with Crippen LogP contribution in [0.1, 0.15) is 51.3 Å². The Bertz CT molecular complexity index is 962. The van der Waals surface area contributed by atoms with Gasteiger partial charge in [-0.1, -0.05) is 0 Å². The number of ether oxygens (including phenoxy) is 1. The summed E-state index contributed by atoms with van der Waals surface area (Å²) in [7, 11) is 1.88. The zero-order valence-corrected chi connectivity index (χ0v) is 19.0. The highest BCUT2D eigenvalue weighted by Gasteiger charge is 2.58. The predicted molar refractivity (Wildman–Crippen MR) is 115 cm³/mol. The van der Waals surface area contributed by atoms with Gasteiger partial charge in [0.2, 0.25) is 0 Å². The Hall–Kier alpha value is -2.77. The highest BCUT2D eigenvalue weighted by atomic mass is 16.6. The van der Waals surface area contributed by atoms with Gasteiger partial charge in [-0.3, -0.25) is 9.48 Å². The molecule has 31 heavy (non-hydrogen) atoms. The summed E-state index contributed by atoms with van der Waals surface area (Å²) in [6.07, 6.45) is 4.47. The molecule has 0 bridgehead atoms. The van der Waals surface area contributed by atoms with E-state index in [-0.39, 0.29) is 23.2 Å². The number of carbonyl (C=O) groups excluding carboxylic acids is 2. The SMILES string of the molecule is Cc1cnn(C)c1-c1ccc(CC(=O)C2CC23CCN(C(=O)OC(C)(C)C)CC3)nn1. The normalized spacial score (nSPS) is 20.0. The summed E-state index contributed by atoms with van der Waals surface area (Å²) in [5, 5.41) is 12.8. The summed E-state index contributed by atoms with van der Waals surface area (Å²) in [4.78, 5) is 26.9. The molecule has 1 aliphatic heterocycles. The molecular formula is C23H31N5O3. The van der Waals surface area contributed by atoms with Gasteiger partial charge in [-0.05, 0) is 70.1 Å². The van der Waals surface area contributed by atoms with Crippen molar-refractivity contribution in [3.05, 3.63) is 29.6 Å². The minimum Gasteiger partial charge on any atom is -0.444 e. The molecule has 8 nitrogen and oxygen atoms in total. The topological polar surface area (TPSA) is 90.2 Å². The third-order valence-corrected chi connectivity index (χ3v) is 6.43. The van der Waals surface area contributed by atoms with Gasteiger partial charge in [0, 0.05) is 26.1 Å². The first-order chi connectivity index (χ1) is 14.6. The average Bonchev–Trinajstić information content (AvgIpc) is 3.29. The fraction of sp³-hybridized carbons (Fsp3) is 0.609. The van der Waals surface area contributed by atoms with Crippen LogP contribution in [0.3, 0.4) is 0 Å². The van der Waals surface area contributed by atoms with Crippen molar-refractivity contribution in [3.8, 4) is 11.4 Å². The highest BCUT2D eigenvalue weighted by molar-refractivity contribution is 5.86. The molecule has 1 saturated carbocycles. The van der Waals surface area contributed by atoms with Gasteiger partial charge in [0.15, 0.2) is 0 Å². The third kappa shape index (κ3) is 4.48. The lowest BCUT2D eigenvalue weighted by atomic mass is 9.89. The molecule has 0 N–H and O–H groups in total. The van der Waals surface area contributed by atoms with Crippen molar-refractivity contribution in [1.29, 1.82) is 0 Å². The summed E-state index contributed by atoms with van der Waals surface area (Å²) in [6, 6.07) is 3.79. The molecule has 1 spiro atoms. The van der Waals surface area contributed by atoms with Crippen LogP contribution < -0.4 is 0 Å². The number of Topliss-reactive ketones (excluding diaryl/α,β-unsaturated/α-hetero) is 1. The molecule has 2 aliphatic rings. The number of aryl methyl sites for hydroxylation is 2. The first-order valence-corrected chi connectivity index (χ1v) is 10.9. The van der Waals surface area contributed by atoms with E-state index >= 15 is 0 Å². The molecule has 4 rings (SSSR count). The zero-order chi connectivity index (χ0) is 22.4. The van der Waals surface area contributed by atoms with E-state index in [1.54, 1.807) is 15.8 Å². The summed E-state index contributed by atoms with van der Waals surface area (Å²) in [6.45, 7) is 8.91. The summed E-state index contributed by atoms with van der Waals surface area (Å²) < 4.78 is 7.25. The van der Waals surface area contributed by atoms with Crippen LogP contribution in [-0.2, 0) is 23.0 Å². The second-order valence-electron chi connectivity index (χ2n) is 9.94. The molecule has 2 aromatic heterocycles. The zero-order valence-electron chi connectivity index (χ0n) is 19.0. The second kappa shape index (κ2) is 7.73. The van der Waals surface area contributed by atoms with Crippen molar-refractivity contribution >= 4 is 11.9 Å². The highest BCUT2D eigenvalue weighted by Crippen LogP contribution is 2.60. The monoisotopic (exact) mass is 425 g/mol. The third-order valence-electron chi connectivity index (χ3n) is 6.43. The number of ketones is 1. The van der Waals surface area contributed by atoms with Crippen molar-refractivity contribution in [2.75, 3.05) is 13.1 Å². The maximum atomic E-state index is 12.9. The van der Waals surface area contributed by atoms with E-state index in [0.29, 0.717) is 25.2 Å². The lowest BCUT2D eigenvalue weighted by molar-refractivity contribution is -0.120. The number of aromatic nitrogens is 4. The average molecular weight is 426 g/mol. The van der Waals surface area contributed by atoms with Crippen molar-refractivity contribution in [2.45, 2.75) is 59.0 Å². The van der Waals surface area contributed by atoms with E-state index in [1.165, 1.54) is 0 Å². The van der Waals surface area contributed by atoms with Crippen LogP contribution in [-0.4, -0.2) is 55.4 Å². The molecule has 1 atom stereocenters. The van der Waals surface area contributed by atoms with E-state index in [0.717, 1.165) is 36.2 Å². The quantitative estimate of drug-likeness (QED) is 0.746. The predicted octanol–water partition coefficient (Wildman–Crippen LogP) is 3.33. The Morgan fingerprint density at radius 1 is 1.19 bits per heavy atom. The maximum absolute atomic E-state index is 12.9. The van der Waals surface area contributed by atoms with Gasteiger partial charge >= 0.3 is 6.09 Å². The number of piperidine rings is 1. The molecule has 8 heteroatoms. The van der Waals surface area contributed by atoms with E-state index in [4.69, 9.17) is 4.74 Å². The van der Waals surface area contributed by atoms with Gasteiger partial charge < -0.3 is 9.64 Å². The fourth-order valence-electron chi connectivity index (χ4n) is 4.61. The molecule has 2 fully saturated rings. The molecule has 1 amide bonds. The Labute approximate surface area is 183 Å². The minimum atomic E-state index is -0.490. The molecule has 1 unspecified atom stereocenters. The largest absolute Gasteiger partial charge is 0.444 e.